The topological polar surface area (TPSA) is 72.8 Å². The number of carbonyl (C=O) groups is 1. The number of anilines is 2. The van der Waals surface area contributed by atoms with Gasteiger partial charge in [-0.1, -0.05) is 11.6 Å². The summed E-state index contributed by atoms with van der Waals surface area (Å²) in [5, 5.41) is 21.6. The monoisotopic (exact) mass is 284 g/mol. The van der Waals surface area contributed by atoms with E-state index in [0.29, 0.717) is 17.1 Å². The lowest BCUT2D eigenvalue weighted by Gasteiger charge is -2.18. The van der Waals surface area contributed by atoms with Crippen molar-refractivity contribution in [1.82, 2.24) is 0 Å². The lowest BCUT2D eigenvalue weighted by atomic mass is 10.2. The van der Waals surface area contributed by atoms with E-state index in [1.165, 1.54) is 0 Å². The van der Waals surface area contributed by atoms with Crippen LogP contribution in [0.3, 0.4) is 0 Å². The summed E-state index contributed by atoms with van der Waals surface area (Å²) in [5.74, 6) is 0.115. The van der Waals surface area contributed by atoms with E-state index < -0.39 is 6.10 Å². The van der Waals surface area contributed by atoms with E-state index >= 15 is 0 Å². The zero-order chi connectivity index (χ0) is 13.8. The molecule has 1 atom stereocenters. The van der Waals surface area contributed by atoms with Crippen LogP contribution in [0.1, 0.15) is 12.8 Å². The lowest BCUT2D eigenvalue weighted by molar-refractivity contribution is -0.117. The van der Waals surface area contributed by atoms with Crippen molar-refractivity contribution < 1.29 is 15.0 Å². The predicted molar refractivity (Wildman–Crippen MR) is 74.6 cm³/mol. The van der Waals surface area contributed by atoms with Gasteiger partial charge in [-0.15, -0.1) is 0 Å². The zero-order valence-corrected chi connectivity index (χ0v) is 11.2. The SMILES string of the molecule is O=C1CCCN1c1ccc(Cl)c(NCC(O)CO)c1. The third kappa shape index (κ3) is 3.37. The Kier molecular flexibility index (Phi) is 4.63. The highest BCUT2D eigenvalue weighted by Gasteiger charge is 2.22. The molecule has 1 heterocycles. The van der Waals surface area contributed by atoms with Crippen LogP contribution in [-0.2, 0) is 4.79 Å². The van der Waals surface area contributed by atoms with Gasteiger partial charge in [0.15, 0.2) is 0 Å². The summed E-state index contributed by atoms with van der Waals surface area (Å²) >= 11 is 6.06. The molecule has 3 N–H and O–H groups in total. The highest BCUT2D eigenvalue weighted by molar-refractivity contribution is 6.33. The number of benzene rings is 1. The van der Waals surface area contributed by atoms with Crippen LogP contribution in [-0.4, -0.2) is 41.9 Å². The van der Waals surface area contributed by atoms with Gasteiger partial charge in [0.1, 0.15) is 0 Å². The van der Waals surface area contributed by atoms with Crippen molar-refractivity contribution in [3.8, 4) is 0 Å². The summed E-state index contributed by atoms with van der Waals surface area (Å²) in [6, 6.07) is 5.31. The Morgan fingerprint density at radius 2 is 2.26 bits per heavy atom. The number of aliphatic hydroxyl groups is 2. The third-order valence-corrected chi connectivity index (χ3v) is 3.40. The van der Waals surface area contributed by atoms with Crippen LogP contribution in [0.4, 0.5) is 11.4 Å². The molecule has 1 aromatic carbocycles. The Morgan fingerprint density at radius 1 is 1.47 bits per heavy atom. The molecule has 104 valence electrons. The number of amides is 1. The van der Waals surface area contributed by atoms with Gasteiger partial charge in [0.25, 0.3) is 0 Å². The second-order valence-electron chi connectivity index (χ2n) is 4.53. The molecule has 19 heavy (non-hydrogen) atoms. The van der Waals surface area contributed by atoms with Crippen LogP contribution in [0.5, 0.6) is 0 Å². The number of hydrogen-bond donors (Lipinski definition) is 3. The molecular formula is C13H17ClN2O3. The molecule has 6 heteroatoms. The number of carbonyl (C=O) groups excluding carboxylic acids is 1. The number of nitrogens with zero attached hydrogens (tertiary/aromatic N) is 1. The lowest BCUT2D eigenvalue weighted by Crippen LogP contribution is -2.25. The van der Waals surface area contributed by atoms with Crippen molar-refractivity contribution >= 4 is 28.9 Å². The van der Waals surface area contributed by atoms with E-state index in [1.807, 2.05) is 0 Å². The molecule has 0 aliphatic carbocycles. The molecule has 1 unspecified atom stereocenters. The largest absolute Gasteiger partial charge is 0.394 e. The molecule has 1 aromatic rings. The summed E-state index contributed by atoms with van der Waals surface area (Å²) < 4.78 is 0. The van der Waals surface area contributed by atoms with Crippen LogP contribution in [0.25, 0.3) is 0 Å². The van der Waals surface area contributed by atoms with Gasteiger partial charge >= 0.3 is 0 Å². The molecule has 0 spiro atoms. The fourth-order valence-corrected chi connectivity index (χ4v) is 2.21. The fraction of sp³-hybridized carbons (Fsp3) is 0.462. The van der Waals surface area contributed by atoms with Crippen molar-refractivity contribution in [3.05, 3.63) is 23.2 Å². The van der Waals surface area contributed by atoms with E-state index in [2.05, 4.69) is 5.32 Å². The minimum atomic E-state index is -0.840. The first kappa shape index (κ1) is 14.1. The van der Waals surface area contributed by atoms with Gasteiger partial charge in [-0.2, -0.15) is 0 Å². The van der Waals surface area contributed by atoms with Gasteiger partial charge in [-0.25, -0.2) is 0 Å². The zero-order valence-electron chi connectivity index (χ0n) is 10.5. The van der Waals surface area contributed by atoms with E-state index in [-0.39, 0.29) is 19.1 Å². The predicted octanol–water partition coefficient (Wildman–Crippen LogP) is 1.23. The van der Waals surface area contributed by atoms with Crippen LogP contribution in [0, 0.1) is 0 Å². The number of hydrogen-bond acceptors (Lipinski definition) is 4. The molecule has 2 rings (SSSR count). The molecule has 0 aromatic heterocycles. The molecule has 1 aliphatic heterocycles. The quantitative estimate of drug-likeness (QED) is 0.760. The minimum absolute atomic E-state index is 0.115. The normalized spacial score (nSPS) is 16.8. The Morgan fingerprint density at radius 3 is 2.89 bits per heavy atom. The molecule has 1 saturated heterocycles. The van der Waals surface area contributed by atoms with Gasteiger partial charge in [0, 0.05) is 25.2 Å². The minimum Gasteiger partial charge on any atom is -0.394 e. The Balaban J connectivity index is 2.12. The van der Waals surface area contributed by atoms with E-state index in [0.717, 1.165) is 18.7 Å². The summed E-state index contributed by atoms with van der Waals surface area (Å²) in [4.78, 5) is 13.4. The Hall–Kier alpha value is -1.30. The van der Waals surface area contributed by atoms with Gasteiger partial charge in [-0.05, 0) is 24.6 Å². The van der Waals surface area contributed by atoms with Crippen molar-refractivity contribution in [2.75, 3.05) is 29.9 Å². The van der Waals surface area contributed by atoms with Crippen molar-refractivity contribution in [3.63, 3.8) is 0 Å². The molecular weight excluding hydrogens is 268 g/mol. The number of aliphatic hydroxyl groups excluding tert-OH is 2. The molecule has 5 nitrogen and oxygen atoms in total. The molecule has 0 radical (unpaired) electrons. The van der Waals surface area contributed by atoms with Crippen LogP contribution < -0.4 is 10.2 Å². The van der Waals surface area contributed by atoms with Gasteiger partial charge in [-0.3, -0.25) is 4.79 Å². The second kappa shape index (κ2) is 6.23. The number of rotatable bonds is 5. The standard InChI is InChI=1S/C13H17ClN2O3/c14-11-4-3-9(16-5-1-2-13(16)19)6-12(11)15-7-10(18)8-17/h3-4,6,10,15,17-18H,1-2,5,7-8H2. The summed E-state index contributed by atoms with van der Waals surface area (Å²) in [6.07, 6.45) is 0.607. The van der Waals surface area contributed by atoms with Crippen molar-refractivity contribution in [2.24, 2.45) is 0 Å². The maximum absolute atomic E-state index is 11.7. The summed E-state index contributed by atoms with van der Waals surface area (Å²) in [6.45, 7) is 0.613. The number of halogens is 1. The Bertz CT molecular complexity index is 467. The van der Waals surface area contributed by atoms with Crippen LogP contribution >= 0.6 is 11.6 Å². The first-order valence-electron chi connectivity index (χ1n) is 6.24. The highest BCUT2D eigenvalue weighted by Crippen LogP contribution is 2.29. The van der Waals surface area contributed by atoms with E-state index in [1.54, 1.807) is 23.1 Å². The van der Waals surface area contributed by atoms with Gasteiger partial charge in [0.05, 0.1) is 23.4 Å². The molecule has 1 amide bonds. The second-order valence-corrected chi connectivity index (χ2v) is 4.94. The fourth-order valence-electron chi connectivity index (χ4n) is 2.03. The molecule has 0 saturated carbocycles. The van der Waals surface area contributed by atoms with Gasteiger partial charge < -0.3 is 20.4 Å². The summed E-state index contributed by atoms with van der Waals surface area (Å²) in [7, 11) is 0. The van der Waals surface area contributed by atoms with Crippen LogP contribution in [0.2, 0.25) is 5.02 Å². The van der Waals surface area contributed by atoms with E-state index in [4.69, 9.17) is 16.7 Å². The maximum atomic E-state index is 11.7. The third-order valence-electron chi connectivity index (χ3n) is 3.07. The first-order chi connectivity index (χ1) is 9.11. The summed E-state index contributed by atoms with van der Waals surface area (Å²) in [5.41, 5.74) is 1.44. The maximum Gasteiger partial charge on any atom is 0.227 e. The molecule has 1 aliphatic rings. The first-order valence-corrected chi connectivity index (χ1v) is 6.62. The van der Waals surface area contributed by atoms with Crippen molar-refractivity contribution in [2.45, 2.75) is 18.9 Å². The van der Waals surface area contributed by atoms with Crippen molar-refractivity contribution in [1.29, 1.82) is 0 Å². The average Bonchev–Trinajstić information content (AvgIpc) is 2.83. The average molecular weight is 285 g/mol. The number of nitrogens with one attached hydrogen (secondary N) is 1. The Labute approximate surface area is 116 Å². The highest BCUT2D eigenvalue weighted by atomic mass is 35.5. The van der Waals surface area contributed by atoms with Crippen LogP contribution in [0.15, 0.2) is 18.2 Å². The smallest absolute Gasteiger partial charge is 0.227 e. The van der Waals surface area contributed by atoms with Gasteiger partial charge in [0.2, 0.25) is 5.91 Å². The molecule has 0 bridgehead atoms. The molecule has 1 fully saturated rings. The van der Waals surface area contributed by atoms with E-state index in [9.17, 15) is 9.90 Å².